The molecule has 1 heterocycles. The van der Waals surface area contributed by atoms with Gasteiger partial charge in [0.25, 0.3) is 0 Å². The van der Waals surface area contributed by atoms with E-state index in [0.717, 1.165) is 23.7 Å². The van der Waals surface area contributed by atoms with Gasteiger partial charge < -0.3 is 5.73 Å². The molecule has 1 aromatic heterocycles. The molecule has 0 saturated heterocycles. The van der Waals surface area contributed by atoms with Crippen molar-refractivity contribution in [1.29, 1.82) is 0 Å². The summed E-state index contributed by atoms with van der Waals surface area (Å²) in [5.41, 5.74) is 7.64. The molecule has 0 amide bonds. The second-order valence-electron chi connectivity index (χ2n) is 3.58. The maximum Gasteiger partial charge on any atom is 0.0426 e. The molecule has 0 aliphatic heterocycles. The summed E-state index contributed by atoms with van der Waals surface area (Å²) in [6, 6.07) is 3.82. The van der Waals surface area contributed by atoms with Crippen LogP contribution in [0.25, 0.3) is 0 Å². The third-order valence-corrected chi connectivity index (χ3v) is 2.56. The van der Waals surface area contributed by atoms with Crippen molar-refractivity contribution in [1.82, 2.24) is 4.98 Å². The van der Waals surface area contributed by atoms with E-state index in [1.807, 2.05) is 12.1 Å². The van der Waals surface area contributed by atoms with E-state index in [9.17, 15) is 0 Å². The number of anilines is 1. The lowest BCUT2D eigenvalue weighted by Gasteiger charge is -2.24. The highest BCUT2D eigenvalue weighted by Gasteiger charge is 2.17. The molecule has 0 unspecified atom stereocenters. The van der Waals surface area contributed by atoms with E-state index in [0.29, 0.717) is 0 Å². The molecule has 1 saturated carbocycles. The summed E-state index contributed by atoms with van der Waals surface area (Å²) in [7, 11) is 0. The zero-order chi connectivity index (χ0) is 8.39. The molecular weight excluding hydrogens is 148 g/mol. The molecule has 2 rings (SSSR count). The predicted molar refractivity (Wildman–Crippen MR) is 49.7 cm³/mol. The fraction of sp³-hybridized carbons (Fsp3) is 0.500. The summed E-state index contributed by atoms with van der Waals surface area (Å²) in [4.78, 5) is 4.28. The van der Waals surface area contributed by atoms with Gasteiger partial charge in [0, 0.05) is 17.6 Å². The molecule has 12 heavy (non-hydrogen) atoms. The molecule has 64 valence electrons. The Morgan fingerprint density at radius 1 is 1.50 bits per heavy atom. The minimum absolute atomic E-state index is 0.833. The van der Waals surface area contributed by atoms with Gasteiger partial charge in [-0.15, -0.1) is 0 Å². The van der Waals surface area contributed by atoms with Crippen LogP contribution in [0.5, 0.6) is 0 Å². The molecular formula is C10H14N2. The van der Waals surface area contributed by atoms with Crippen LogP contribution in [0.3, 0.4) is 0 Å². The third-order valence-electron chi connectivity index (χ3n) is 2.56. The molecule has 2 N–H and O–H groups in total. The number of rotatable bonds is 2. The van der Waals surface area contributed by atoms with Crippen LogP contribution in [0.1, 0.15) is 25.0 Å². The van der Waals surface area contributed by atoms with Gasteiger partial charge in [-0.25, -0.2) is 0 Å². The molecule has 2 nitrogen and oxygen atoms in total. The molecule has 0 radical (unpaired) electrons. The van der Waals surface area contributed by atoms with Crippen molar-refractivity contribution in [3.05, 3.63) is 24.0 Å². The Morgan fingerprint density at radius 2 is 2.33 bits per heavy atom. The molecule has 1 aliphatic carbocycles. The molecule has 0 spiro atoms. The average Bonchev–Trinajstić information content (AvgIpc) is 1.97. The highest BCUT2D eigenvalue weighted by molar-refractivity contribution is 5.37. The first kappa shape index (κ1) is 7.59. The first-order valence-electron chi connectivity index (χ1n) is 4.55. The second kappa shape index (κ2) is 3.13. The molecule has 0 aromatic carbocycles. The maximum atomic E-state index is 5.65. The lowest BCUT2D eigenvalue weighted by atomic mass is 9.82. The summed E-state index contributed by atoms with van der Waals surface area (Å²) in [6.07, 6.45) is 7.05. The predicted octanol–water partition coefficient (Wildman–Crippen LogP) is 2.01. The topological polar surface area (TPSA) is 38.9 Å². The van der Waals surface area contributed by atoms with Gasteiger partial charge in [-0.05, 0) is 24.5 Å². The molecule has 1 aromatic rings. The van der Waals surface area contributed by atoms with Crippen LogP contribution in [0.2, 0.25) is 0 Å². The van der Waals surface area contributed by atoms with E-state index >= 15 is 0 Å². The Balaban J connectivity index is 2.02. The smallest absolute Gasteiger partial charge is 0.0426 e. The van der Waals surface area contributed by atoms with E-state index in [-0.39, 0.29) is 0 Å². The van der Waals surface area contributed by atoms with Gasteiger partial charge in [0.2, 0.25) is 0 Å². The lowest BCUT2D eigenvalue weighted by Crippen LogP contribution is -2.14. The van der Waals surface area contributed by atoms with E-state index < -0.39 is 0 Å². The number of pyridine rings is 1. The summed E-state index contributed by atoms with van der Waals surface area (Å²) < 4.78 is 0. The average molecular weight is 162 g/mol. The van der Waals surface area contributed by atoms with Gasteiger partial charge >= 0.3 is 0 Å². The number of aromatic nitrogens is 1. The zero-order valence-corrected chi connectivity index (χ0v) is 7.16. The first-order valence-corrected chi connectivity index (χ1v) is 4.55. The number of nitrogens with two attached hydrogens (primary N) is 1. The van der Waals surface area contributed by atoms with Gasteiger partial charge in [0.1, 0.15) is 0 Å². The van der Waals surface area contributed by atoms with Crippen LogP contribution in [0.4, 0.5) is 5.69 Å². The molecule has 1 aliphatic rings. The summed E-state index contributed by atoms with van der Waals surface area (Å²) in [5.74, 6) is 0.874. The van der Waals surface area contributed by atoms with Crippen molar-refractivity contribution >= 4 is 5.69 Å². The van der Waals surface area contributed by atoms with Crippen molar-refractivity contribution in [2.45, 2.75) is 25.7 Å². The van der Waals surface area contributed by atoms with Crippen LogP contribution >= 0.6 is 0 Å². The van der Waals surface area contributed by atoms with E-state index in [2.05, 4.69) is 4.98 Å². The largest absolute Gasteiger partial charge is 0.399 e. The Morgan fingerprint density at radius 3 is 2.92 bits per heavy atom. The van der Waals surface area contributed by atoms with Crippen molar-refractivity contribution in [2.24, 2.45) is 5.92 Å². The van der Waals surface area contributed by atoms with Crippen LogP contribution in [0.15, 0.2) is 18.3 Å². The lowest BCUT2D eigenvalue weighted by molar-refractivity contribution is 0.312. The van der Waals surface area contributed by atoms with Crippen LogP contribution in [0, 0.1) is 5.92 Å². The standard InChI is InChI=1S/C10H14N2/c11-9-4-5-12-10(7-9)6-8-2-1-3-8/h4-5,7-8H,1-3,6H2,(H2,11,12). The van der Waals surface area contributed by atoms with Crippen molar-refractivity contribution < 1.29 is 0 Å². The Hall–Kier alpha value is -1.05. The Kier molecular flexibility index (Phi) is 1.98. The molecule has 1 fully saturated rings. The number of nitrogen functional groups attached to an aromatic ring is 1. The van der Waals surface area contributed by atoms with Gasteiger partial charge in [0.05, 0.1) is 0 Å². The Bertz CT molecular complexity index is 266. The number of hydrogen-bond acceptors (Lipinski definition) is 2. The van der Waals surface area contributed by atoms with Crippen molar-refractivity contribution in [3.63, 3.8) is 0 Å². The zero-order valence-electron chi connectivity index (χ0n) is 7.16. The first-order chi connectivity index (χ1) is 5.84. The van der Waals surface area contributed by atoms with Crippen LogP contribution < -0.4 is 5.73 Å². The van der Waals surface area contributed by atoms with Crippen LogP contribution in [-0.4, -0.2) is 4.98 Å². The van der Waals surface area contributed by atoms with E-state index in [4.69, 9.17) is 5.73 Å². The summed E-state index contributed by atoms with van der Waals surface area (Å²) in [6.45, 7) is 0. The summed E-state index contributed by atoms with van der Waals surface area (Å²) >= 11 is 0. The van der Waals surface area contributed by atoms with Gasteiger partial charge in [-0.3, -0.25) is 4.98 Å². The molecule has 0 bridgehead atoms. The molecule has 0 atom stereocenters. The van der Waals surface area contributed by atoms with Crippen LogP contribution in [-0.2, 0) is 6.42 Å². The van der Waals surface area contributed by atoms with Gasteiger partial charge in [0.15, 0.2) is 0 Å². The number of nitrogens with zero attached hydrogens (tertiary/aromatic N) is 1. The fourth-order valence-electron chi connectivity index (χ4n) is 1.60. The monoisotopic (exact) mass is 162 g/mol. The summed E-state index contributed by atoms with van der Waals surface area (Å²) in [5, 5.41) is 0. The minimum atomic E-state index is 0.833. The Labute approximate surface area is 72.8 Å². The minimum Gasteiger partial charge on any atom is -0.399 e. The fourth-order valence-corrected chi connectivity index (χ4v) is 1.60. The normalized spacial score (nSPS) is 17.3. The van der Waals surface area contributed by atoms with E-state index in [1.54, 1.807) is 6.20 Å². The van der Waals surface area contributed by atoms with Crippen molar-refractivity contribution in [3.8, 4) is 0 Å². The number of hydrogen-bond donors (Lipinski definition) is 1. The maximum absolute atomic E-state index is 5.65. The second-order valence-corrected chi connectivity index (χ2v) is 3.58. The van der Waals surface area contributed by atoms with E-state index in [1.165, 1.54) is 19.3 Å². The highest BCUT2D eigenvalue weighted by Crippen LogP contribution is 2.29. The molecule has 2 heteroatoms. The van der Waals surface area contributed by atoms with Gasteiger partial charge in [-0.1, -0.05) is 19.3 Å². The van der Waals surface area contributed by atoms with Gasteiger partial charge in [-0.2, -0.15) is 0 Å². The quantitative estimate of drug-likeness (QED) is 0.722. The highest BCUT2D eigenvalue weighted by atomic mass is 14.7. The van der Waals surface area contributed by atoms with Crippen molar-refractivity contribution in [2.75, 3.05) is 5.73 Å². The third kappa shape index (κ3) is 1.58. The SMILES string of the molecule is Nc1ccnc(CC2CCC2)c1.